The van der Waals surface area contributed by atoms with Gasteiger partial charge < -0.3 is 10.1 Å². The molecule has 1 heterocycles. The number of aryl methyl sites for hydroxylation is 3. The number of pyridine rings is 1. The third-order valence-corrected chi connectivity index (χ3v) is 6.10. The second-order valence-electron chi connectivity index (χ2n) is 8.61. The predicted octanol–water partition coefficient (Wildman–Crippen LogP) is 6.03. The van der Waals surface area contributed by atoms with Crippen LogP contribution in [-0.4, -0.2) is 10.9 Å². The second kappa shape index (κ2) is 10.8. The van der Waals surface area contributed by atoms with Crippen LogP contribution in [0.5, 0.6) is 5.75 Å². The molecular weight excluding hydrogens is 420 g/mol. The normalized spacial score (nSPS) is 11.6. The van der Waals surface area contributed by atoms with Crippen molar-refractivity contribution in [2.75, 3.05) is 0 Å². The molecule has 1 unspecified atom stereocenters. The molecule has 1 aromatic heterocycles. The summed E-state index contributed by atoms with van der Waals surface area (Å²) >= 11 is 0. The largest absolute Gasteiger partial charge is 0.489 e. The molecular formula is C30H30N2O2. The van der Waals surface area contributed by atoms with Gasteiger partial charge in [-0.2, -0.15) is 0 Å². The van der Waals surface area contributed by atoms with Gasteiger partial charge >= 0.3 is 0 Å². The maximum Gasteiger partial charge on any atom is 0.225 e. The van der Waals surface area contributed by atoms with Crippen LogP contribution in [0.4, 0.5) is 0 Å². The molecule has 1 atom stereocenters. The van der Waals surface area contributed by atoms with Crippen LogP contribution < -0.4 is 10.1 Å². The molecule has 1 amide bonds. The monoisotopic (exact) mass is 450 g/mol. The fourth-order valence-corrected chi connectivity index (χ4v) is 3.88. The van der Waals surface area contributed by atoms with Crippen LogP contribution in [0.25, 0.3) is 0 Å². The van der Waals surface area contributed by atoms with Crippen LogP contribution in [0.2, 0.25) is 0 Å². The number of hydrogen-bond donors (Lipinski definition) is 1. The van der Waals surface area contributed by atoms with Gasteiger partial charge in [-0.1, -0.05) is 66.7 Å². The van der Waals surface area contributed by atoms with Crippen LogP contribution in [-0.2, 0) is 17.8 Å². The minimum Gasteiger partial charge on any atom is -0.489 e. The zero-order valence-electron chi connectivity index (χ0n) is 19.9. The van der Waals surface area contributed by atoms with E-state index in [2.05, 4.69) is 54.5 Å². The average molecular weight is 451 g/mol. The number of amides is 1. The molecule has 0 saturated heterocycles. The van der Waals surface area contributed by atoms with Crippen molar-refractivity contribution in [3.8, 4) is 5.75 Å². The summed E-state index contributed by atoms with van der Waals surface area (Å²) in [4.78, 5) is 17.3. The zero-order valence-corrected chi connectivity index (χ0v) is 19.9. The van der Waals surface area contributed by atoms with Gasteiger partial charge in [0.2, 0.25) is 5.91 Å². The number of nitrogens with one attached hydrogen (secondary N) is 1. The van der Waals surface area contributed by atoms with Gasteiger partial charge in [-0.15, -0.1) is 0 Å². The first-order valence-corrected chi connectivity index (χ1v) is 11.5. The highest BCUT2D eigenvalue weighted by atomic mass is 16.5. The lowest BCUT2D eigenvalue weighted by Crippen LogP contribution is -2.30. The molecule has 1 N–H and O–H groups in total. The molecule has 0 aliphatic heterocycles. The Morgan fingerprint density at radius 2 is 1.62 bits per heavy atom. The first-order valence-electron chi connectivity index (χ1n) is 11.5. The molecule has 4 nitrogen and oxygen atoms in total. The molecule has 34 heavy (non-hydrogen) atoms. The van der Waals surface area contributed by atoms with Crippen molar-refractivity contribution in [1.82, 2.24) is 10.3 Å². The molecule has 0 radical (unpaired) electrons. The number of hydrogen-bond acceptors (Lipinski definition) is 3. The summed E-state index contributed by atoms with van der Waals surface area (Å²) in [5, 5.41) is 3.24. The molecule has 0 aliphatic carbocycles. The highest BCUT2D eigenvalue weighted by Gasteiger charge is 2.17. The lowest BCUT2D eigenvalue weighted by molar-refractivity contribution is -0.120. The summed E-state index contributed by atoms with van der Waals surface area (Å²) in [6.45, 7) is 6.64. The van der Waals surface area contributed by atoms with E-state index in [1.54, 1.807) is 6.20 Å². The number of benzene rings is 3. The molecule has 0 bridgehead atoms. The van der Waals surface area contributed by atoms with E-state index < -0.39 is 0 Å². The molecule has 4 heteroatoms. The van der Waals surface area contributed by atoms with Crippen molar-refractivity contribution in [3.05, 3.63) is 130 Å². The van der Waals surface area contributed by atoms with Gasteiger partial charge in [-0.25, -0.2) is 0 Å². The second-order valence-corrected chi connectivity index (χ2v) is 8.61. The van der Waals surface area contributed by atoms with Crippen molar-refractivity contribution >= 4 is 5.91 Å². The molecule has 0 aliphatic rings. The van der Waals surface area contributed by atoms with Crippen LogP contribution in [0.15, 0.2) is 91.1 Å². The fraction of sp³-hybridized carbons (Fsp3) is 0.200. The van der Waals surface area contributed by atoms with Gasteiger partial charge in [0.25, 0.3) is 0 Å². The molecule has 172 valence electrons. The number of aromatic nitrogens is 1. The van der Waals surface area contributed by atoms with Crippen molar-refractivity contribution < 1.29 is 9.53 Å². The van der Waals surface area contributed by atoms with E-state index in [9.17, 15) is 4.79 Å². The first kappa shape index (κ1) is 23.2. The minimum absolute atomic E-state index is 0.0215. The van der Waals surface area contributed by atoms with E-state index in [0.29, 0.717) is 13.0 Å². The SMILES string of the molecule is Cc1ccc(C(NC(=O)Cc2ccc(OCc3cccnc3C)cc2)c2ccccc2)cc1C. The molecule has 0 fully saturated rings. The highest BCUT2D eigenvalue weighted by molar-refractivity contribution is 5.79. The van der Waals surface area contributed by atoms with Crippen LogP contribution >= 0.6 is 0 Å². The number of carbonyl (C=O) groups excluding carboxylic acids is 1. The summed E-state index contributed by atoms with van der Waals surface area (Å²) in [5.74, 6) is 0.747. The van der Waals surface area contributed by atoms with Crippen molar-refractivity contribution in [2.24, 2.45) is 0 Å². The minimum atomic E-state index is -0.196. The molecule has 4 rings (SSSR count). The quantitative estimate of drug-likeness (QED) is 0.356. The summed E-state index contributed by atoms with van der Waals surface area (Å²) in [6.07, 6.45) is 2.08. The maximum atomic E-state index is 13.0. The molecule has 4 aromatic rings. The lowest BCUT2D eigenvalue weighted by Gasteiger charge is -2.21. The van der Waals surface area contributed by atoms with E-state index in [1.165, 1.54) is 11.1 Å². The Bertz CT molecular complexity index is 1250. The van der Waals surface area contributed by atoms with Gasteiger partial charge in [0.1, 0.15) is 12.4 Å². The van der Waals surface area contributed by atoms with Gasteiger partial charge in [-0.3, -0.25) is 9.78 Å². The zero-order chi connectivity index (χ0) is 23.9. The van der Waals surface area contributed by atoms with Crippen LogP contribution in [0.1, 0.15) is 45.1 Å². The van der Waals surface area contributed by atoms with Gasteiger partial charge in [0, 0.05) is 17.5 Å². The van der Waals surface area contributed by atoms with Crippen molar-refractivity contribution in [3.63, 3.8) is 0 Å². The Morgan fingerprint density at radius 1 is 0.853 bits per heavy atom. The number of ether oxygens (including phenoxy) is 1. The van der Waals surface area contributed by atoms with E-state index in [1.807, 2.05) is 61.5 Å². The Morgan fingerprint density at radius 3 is 2.32 bits per heavy atom. The van der Waals surface area contributed by atoms with E-state index in [-0.39, 0.29) is 11.9 Å². The van der Waals surface area contributed by atoms with E-state index in [0.717, 1.165) is 33.7 Å². The average Bonchev–Trinajstić information content (AvgIpc) is 2.85. The standard InChI is InChI=1S/C30H30N2O2/c1-21-11-14-26(18-22(21)2)30(25-8-5-4-6-9-25)32-29(33)19-24-12-15-28(16-13-24)34-20-27-10-7-17-31-23(27)3/h4-18,30H,19-20H2,1-3H3,(H,32,33). The molecule has 3 aromatic carbocycles. The highest BCUT2D eigenvalue weighted by Crippen LogP contribution is 2.24. The first-order chi connectivity index (χ1) is 16.5. The lowest BCUT2D eigenvalue weighted by atomic mass is 9.95. The third kappa shape index (κ3) is 5.90. The topological polar surface area (TPSA) is 51.2 Å². The smallest absolute Gasteiger partial charge is 0.225 e. The Kier molecular flexibility index (Phi) is 7.38. The summed E-state index contributed by atoms with van der Waals surface area (Å²) in [5.41, 5.74) is 7.56. The predicted molar refractivity (Wildman–Crippen MR) is 136 cm³/mol. The molecule has 0 spiro atoms. The van der Waals surface area contributed by atoms with E-state index in [4.69, 9.17) is 4.74 Å². The fourth-order valence-electron chi connectivity index (χ4n) is 3.88. The maximum absolute atomic E-state index is 13.0. The number of rotatable bonds is 8. The third-order valence-electron chi connectivity index (χ3n) is 6.10. The Balaban J connectivity index is 1.42. The van der Waals surface area contributed by atoms with Crippen LogP contribution in [0, 0.1) is 20.8 Å². The van der Waals surface area contributed by atoms with Crippen molar-refractivity contribution in [1.29, 1.82) is 0 Å². The molecule has 0 saturated carbocycles. The summed E-state index contributed by atoms with van der Waals surface area (Å²) in [6, 6.07) is 27.9. The van der Waals surface area contributed by atoms with Gasteiger partial charge in [0.05, 0.1) is 12.5 Å². The Hall–Kier alpha value is -3.92. The number of carbonyl (C=O) groups is 1. The van der Waals surface area contributed by atoms with Gasteiger partial charge in [-0.05, 0) is 66.8 Å². The van der Waals surface area contributed by atoms with E-state index >= 15 is 0 Å². The summed E-state index contributed by atoms with van der Waals surface area (Å²) in [7, 11) is 0. The number of nitrogens with zero attached hydrogens (tertiary/aromatic N) is 1. The Labute approximate surface area is 201 Å². The van der Waals surface area contributed by atoms with Gasteiger partial charge in [0.15, 0.2) is 0 Å². The summed E-state index contributed by atoms with van der Waals surface area (Å²) < 4.78 is 5.89. The van der Waals surface area contributed by atoms with Crippen molar-refractivity contribution in [2.45, 2.75) is 39.8 Å². The van der Waals surface area contributed by atoms with Crippen LogP contribution in [0.3, 0.4) is 0 Å².